The molecule has 0 aliphatic rings. The normalized spacial score (nSPS) is 11.9. The highest BCUT2D eigenvalue weighted by atomic mass is 35.5. The molecule has 0 radical (unpaired) electrons. The minimum Gasteiger partial charge on any atom is -0.345 e. The zero-order valence-corrected chi connectivity index (χ0v) is 17.3. The molecule has 1 aromatic carbocycles. The van der Waals surface area contributed by atoms with Gasteiger partial charge in [-0.1, -0.05) is 23.7 Å². The summed E-state index contributed by atoms with van der Waals surface area (Å²) in [5.74, 6) is -0.238. The van der Waals surface area contributed by atoms with Crippen LogP contribution in [0.2, 0.25) is 5.02 Å². The van der Waals surface area contributed by atoms with Crippen LogP contribution in [0.5, 0.6) is 0 Å². The molecule has 0 unspecified atom stereocenters. The maximum atomic E-state index is 13.6. The number of fused-ring (bicyclic) bond motifs is 2. The number of nitrogens with one attached hydrogen (secondary N) is 1. The summed E-state index contributed by atoms with van der Waals surface area (Å²) in [6.07, 6.45) is 1.66. The summed E-state index contributed by atoms with van der Waals surface area (Å²) in [5, 5.41) is 10.9. The van der Waals surface area contributed by atoms with Gasteiger partial charge in [-0.05, 0) is 29.8 Å². The van der Waals surface area contributed by atoms with Crippen LogP contribution in [-0.2, 0) is 0 Å². The van der Waals surface area contributed by atoms with Crippen molar-refractivity contribution in [2.24, 2.45) is 0 Å². The largest absolute Gasteiger partial charge is 0.405 e. The van der Waals surface area contributed by atoms with Crippen molar-refractivity contribution in [2.45, 2.75) is 6.18 Å². The Morgan fingerprint density at radius 3 is 2.61 bits per heavy atom. The summed E-state index contributed by atoms with van der Waals surface area (Å²) in [7, 11) is 0. The Labute approximate surface area is 188 Å². The number of pyridine rings is 2. The predicted octanol–water partition coefficient (Wildman–Crippen LogP) is 4.12. The van der Waals surface area contributed by atoms with E-state index in [2.05, 4.69) is 25.5 Å². The van der Waals surface area contributed by atoms with Gasteiger partial charge in [-0.25, -0.2) is 9.97 Å². The molecular weight excluding hydrogens is 459 g/mol. The fourth-order valence-corrected chi connectivity index (χ4v) is 3.52. The second-order valence-electron chi connectivity index (χ2n) is 7.14. The first-order valence-electron chi connectivity index (χ1n) is 9.57. The molecule has 0 aliphatic carbocycles. The zero-order valence-electron chi connectivity index (χ0n) is 16.6. The molecule has 12 heteroatoms. The van der Waals surface area contributed by atoms with E-state index in [4.69, 9.17) is 11.6 Å². The highest BCUT2D eigenvalue weighted by Gasteiger charge is 2.27. The highest BCUT2D eigenvalue weighted by molar-refractivity contribution is 6.30. The van der Waals surface area contributed by atoms with Gasteiger partial charge in [0.15, 0.2) is 5.65 Å². The molecule has 5 rings (SSSR count). The van der Waals surface area contributed by atoms with Crippen LogP contribution < -0.4 is 10.9 Å². The quantitative estimate of drug-likeness (QED) is 0.424. The van der Waals surface area contributed by atoms with Gasteiger partial charge in [0.2, 0.25) is 5.95 Å². The maximum absolute atomic E-state index is 13.6. The van der Waals surface area contributed by atoms with Crippen molar-refractivity contribution < 1.29 is 13.2 Å². The predicted molar refractivity (Wildman–Crippen MR) is 117 cm³/mol. The average molecular weight is 472 g/mol. The van der Waals surface area contributed by atoms with Crippen molar-refractivity contribution in [3.05, 3.63) is 76.7 Å². The Kier molecular flexibility index (Phi) is 4.97. The van der Waals surface area contributed by atoms with Crippen LogP contribution in [0, 0.1) is 0 Å². The van der Waals surface area contributed by atoms with Gasteiger partial charge in [-0.2, -0.15) is 13.2 Å². The third-order valence-electron chi connectivity index (χ3n) is 4.89. The van der Waals surface area contributed by atoms with Crippen molar-refractivity contribution >= 4 is 34.1 Å². The van der Waals surface area contributed by atoms with Gasteiger partial charge < -0.3 is 5.32 Å². The summed E-state index contributed by atoms with van der Waals surface area (Å²) >= 11 is 6.00. The molecule has 166 valence electrons. The summed E-state index contributed by atoms with van der Waals surface area (Å²) in [6.45, 7) is -1.30. The van der Waals surface area contributed by atoms with E-state index in [1.807, 2.05) is 0 Å². The van der Waals surface area contributed by atoms with E-state index in [1.54, 1.807) is 47.0 Å². The summed E-state index contributed by atoms with van der Waals surface area (Å²) in [4.78, 5) is 21.8. The molecule has 0 amide bonds. The number of halogens is 4. The number of benzene rings is 1. The van der Waals surface area contributed by atoms with E-state index in [9.17, 15) is 18.0 Å². The number of hydrogen-bond acceptors (Lipinski definition) is 6. The lowest BCUT2D eigenvalue weighted by Gasteiger charge is -2.14. The van der Waals surface area contributed by atoms with Crippen molar-refractivity contribution in [3.63, 3.8) is 0 Å². The van der Waals surface area contributed by atoms with Crippen LogP contribution >= 0.6 is 11.6 Å². The van der Waals surface area contributed by atoms with Crippen LogP contribution in [-0.4, -0.2) is 41.9 Å². The number of anilines is 1. The van der Waals surface area contributed by atoms with Crippen molar-refractivity contribution in [1.29, 1.82) is 0 Å². The minimum absolute atomic E-state index is 0.200. The molecule has 0 saturated heterocycles. The Hall–Kier alpha value is -3.99. The van der Waals surface area contributed by atoms with Gasteiger partial charge in [0.05, 0.1) is 16.8 Å². The first-order valence-corrected chi connectivity index (χ1v) is 9.95. The van der Waals surface area contributed by atoms with Crippen LogP contribution in [0.25, 0.3) is 33.4 Å². The van der Waals surface area contributed by atoms with E-state index in [1.165, 1.54) is 23.3 Å². The number of aromatic nitrogens is 6. The molecule has 1 N–H and O–H groups in total. The molecule has 4 aromatic heterocycles. The summed E-state index contributed by atoms with van der Waals surface area (Å²) in [6, 6.07) is 9.96. The highest BCUT2D eigenvalue weighted by Crippen LogP contribution is 2.27. The Balaban J connectivity index is 1.73. The molecule has 0 aliphatic heterocycles. The van der Waals surface area contributed by atoms with Crippen molar-refractivity contribution in [3.8, 4) is 16.8 Å². The third-order valence-corrected chi connectivity index (χ3v) is 5.14. The molecule has 0 fully saturated rings. The lowest BCUT2D eigenvalue weighted by molar-refractivity contribution is -0.115. The van der Waals surface area contributed by atoms with E-state index in [-0.39, 0.29) is 17.0 Å². The first kappa shape index (κ1) is 20.9. The van der Waals surface area contributed by atoms with E-state index in [0.29, 0.717) is 27.3 Å². The molecule has 0 spiro atoms. The number of alkyl halides is 3. The lowest BCUT2D eigenvalue weighted by Crippen LogP contribution is -2.23. The molecule has 0 saturated carbocycles. The van der Waals surface area contributed by atoms with Crippen molar-refractivity contribution in [1.82, 2.24) is 29.1 Å². The molecule has 5 aromatic rings. The van der Waals surface area contributed by atoms with Gasteiger partial charge in [0.1, 0.15) is 12.9 Å². The standard InChI is InChI=1S/C21H13ClF3N7O/c22-14-3-1-12(2-4-14)17-18-13(7-26-20(29-18)27-10-21(23,24)25)8-32(19(17)33)15-5-6-16-30-28-11-31(16)9-15/h1-9,11H,10H2,(H,27,29). The van der Waals surface area contributed by atoms with Gasteiger partial charge >= 0.3 is 6.18 Å². The smallest absolute Gasteiger partial charge is 0.345 e. The van der Waals surface area contributed by atoms with Gasteiger partial charge in [-0.15, -0.1) is 10.2 Å². The molecule has 8 nitrogen and oxygen atoms in total. The Morgan fingerprint density at radius 1 is 1.06 bits per heavy atom. The fraction of sp³-hybridized carbons (Fsp3) is 0.0952. The second kappa shape index (κ2) is 7.85. The summed E-state index contributed by atoms with van der Waals surface area (Å²) in [5.41, 5.74) is 1.64. The maximum Gasteiger partial charge on any atom is 0.405 e. The Bertz CT molecular complexity index is 1540. The van der Waals surface area contributed by atoms with Crippen LogP contribution in [0.15, 0.2) is 66.1 Å². The molecule has 4 heterocycles. The number of nitrogens with zero attached hydrogens (tertiary/aromatic N) is 6. The van der Waals surface area contributed by atoms with Gasteiger partial charge in [-0.3, -0.25) is 13.8 Å². The van der Waals surface area contributed by atoms with E-state index >= 15 is 0 Å². The molecule has 0 bridgehead atoms. The van der Waals surface area contributed by atoms with Gasteiger partial charge in [0.25, 0.3) is 5.56 Å². The van der Waals surface area contributed by atoms with Crippen molar-refractivity contribution in [2.75, 3.05) is 11.9 Å². The molecular formula is C21H13ClF3N7O. The zero-order chi connectivity index (χ0) is 23.2. The monoisotopic (exact) mass is 471 g/mol. The fourth-order valence-electron chi connectivity index (χ4n) is 3.40. The second-order valence-corrected chi connectivity index (χ2v) is 7.57. The van der Waals surface area contributed by atoms with E-state index < -0.39 is 18.3 Å². The lowest BCUT2D eigenvalue weighted by atomic mass is 10.0. The first-order chi connectivity index (χ1) is 15.8. The van der Waals surface area contributed by atoms with Crippen LogP contribution in [0.3, 0.4) is 0 Å². The molecule has 0 atom stereocenters. The van der Waals surface area contributed by atoms with Crippen LogP contribution in [0.4, 0.5) is 19.1 Å². The summed E-state index contributed by atoms with van der Waals surface area (Å²) < 4.78 is 41.0. The van der Waals surface area contributed by atoms with E-state index in [0.717, 1.165) is 0 Å². The average Bonchev–Trinajstić information content (AvgIpc) is 3.25. The molecule has 33 heavy (non-hydrogen) atoms. The Morgan fingerprint density at radius 2 is 1.85 bits per heavy atom. The number of hydrogen-bond donors (Lipinski definition) is 1. The van der Waals surface area contributed by atoms with Gasteiger partial charge in [0, 0.05) is 29.0 Å². The minimum atomic E-state index is -4.44. The third kappa shape index (κ3) is 4.10. The SMILES string of the molecule is O=c1c(-c2ccc(Cl)cc2)c2nc(NCC(F)(F)F)ncc2cn1-c1ccc2nncn2c1. The van der Waals surface area contributed by atoms with Crippen LogP contribution in [0.1, 0.15) is 0 Å². The number of rotatable bonds is 4. The topological polar surface area (TPSA) is 90.0 Å².